The van der Waals surface area contributed by atoms with Crippen LogP contribution in [0.15, 0.2) is 53.4 Å². The topological polar surface area (TPSA) is 99.6 Å². The van der Waals surface area contributed by atoms with Crippen molar-refractivity contribution in [2.45, 2.75) is 11.1 Å². The lowest BCUT2D eigenvalue weighted by Crippen LogP contribution is -2.40. The van der Waals surface area contributed by atoms with Gasteiger partial charge in [0.1, 0.15) is 13.2 Å². The van der Waals surface area contributed by atoms with Crippen LogP contribution in [0.5, 0.6) is 11.5 Å². The smallest absolute Gasteiger partial charge is 0.435 e. The van der Waals surface area contributed by atoms with Crippen molar-refractivity contribution < 1.29 is 31.4 Å². The molecule has 0 fully saturated rings. The monoisotopic (exact) mass is 441 g/mol. The van der Waals surface area contributed by atoms with Crippen LogP contribution in [-0.4, -0.2) is 38.0 Å². The summed E-state index contributed by atoms with van der Waals surface area (Å²) in [6.07, 6.45) is -3.67. The molecule has 30 heavy (non-hydrogen) atoms. The van der Waals surface area contributed by atoms with Crippen molar-refractivity contribution in [3.63, 3.8) is 0 Å². The normalized spacial score (nSPS) is 15.5. The van der Waals surface area contributed by atoms with Crippen LogP contribution in [-0.2, 0) is 15.7 Å². The molecule has 11 heteroatoms. The number of hydrogen-bond acceptors (Lipinski definition) is 4. The van der Waals surface area contributed by atoms with Gasteiger partial charge >= 0.3 is 6.18 Å². The minimum Gasteiger partial charge on any atom is -0.486 e. The van der Waals surface area contributed by atoms with E-state index in [1.165, 1.54) is 24.3 Å². The van der Waals surface area contributed by atoms with Gasteiger partial charge in [-0.05, 0) is 48.5 Å². The molecule has 0 unspecified atom stereocenters. The fourth-order valence-corrected chi connectivity index (χ4v) is 3.84. The number of ether oxygens (including phenoxy) is 2. The lowest BCUT2D eigenvalue weighted by atomic mass is 10.1. The van der Waals surface area contributed by atoms with Gasteiger partial charge in [0, 0.05) is 11.8 Å². The van der Waals surface area contributed by atoms with Gasteiger partial charge in [0.05, 0.1) is 16.3 Å². The van der Waals surface area contributed by atoms with Crippen LogP contribution in [0.1, 0.15) is 5.69 Å². The third-order valence-corrected chi connectivity index (χ3v) is 5.91. The SMILES string of the molecule is CS(N)(=O)(O)c1ccc(-n2nc(C(F)(F)F)cc2-c2ccc3c(c2)OCCO3)cc1. The zero-order valence-corrected chi connectivity index (χ0v) is 16.5. The average molecular weight is 441 g/mol. The van der Waals surface area contributed by atoms with Gasteiger partial charge in [-0.1, -0.05) is 0 Å². The van der Waals surface area contributed by atoms with Gasteiger partial charge in [-0.3, -0.25) is 4.55 Å². The molecule has 1 aromatic heterocycles. The van der Waals surface area contributed by atoms with E-state index in [9.17, 15) is 21.9 Å². The molecule has 1 aliphatic heterocycles. The van der Waals surface area contributed by atoms with Crippen LogP contribution in [0.25, 0.3) is 16.9 Å². The van der Waals surface area contributed by atoms with Crippen molar-refractivity contribution >= 4 is 9.53 Å². The molecule has 1 aliphatic rings. The molecule has 2 aromatic carbocycles. The van der Waals surface area contributed by atoms with E-state index in [2.05, 4.69) is 5.10 Å². The Morgan fingerprint density at radius 1 is 1.07 bits per heavy atom. The van der Waals surface area contributed by atoms with Gasteiger partial charge < -0.3 is 9.47 Å². The summed E-state index contributed by atoms with van der Waals surface area (Å²) < 4.78 is 74.2. The first-order chi connectivity index (χ1) is 13.9. The summed E-state index contributed by atoms with van der Waals surface area (Å²) in [6.45, 7) is 0.728. The van der Waals surface area contributed by atoms with Crippen LogP contribution in [0.2, 0.25) is 0 Å². The molecule has 0 aliphatic carbocycles. The number of aromatic nitrogens is 2. The molecule has 160 valence electrons. The molecule has 3 N–H and O–H groups in total. The summed E-state index contributed by atoms with van der Waals surface area (Å²) in [5.41, 5.74) is -0.215. The third-order valence-electron chi connectivity index (χ3n) is 4.49. The lowest BCUT2D eigenvalue weighted by molar-refractivity contribution is -0.141. The van der Waals surface area contributed by atoms with E-state index in [-0.39, 0.29) is 16.3 Å². The summed E-state index contributed by atoms with van der Waals surface area (Å²) in [6, 6.07) is 11.1. The Balaban J connectivity index is 1.84. The molecular formula is C19H18F3N3O4S. The quantitative estimate of drug-likeness (QED) is 0.648. The van der Waals surface area contributed by atoms with Gasteiger partial charge in [-0.25, -0.2) is 9.82 Å². The van der Waals surface area contributed by atoms with Crippen LogP contribution < -0.4 is 14.6 Å². The summed E-state index contributed by atoms with van der Waals surface area (Å²) in [7, 11) is -4.48. The van der Waals surface area contributed by atoms with Gasteiger partial charge in [-0.2, -0.15) is 22.5 Å². The highest BCUT2D eigenvalue weighted by Gasteiger charge is 2.35. The molecule has 0 bridgehead atoms. The fraction of sp³-hybridized carbons (Fsp3) is 0.211. The minimum atomic E-state index is -4.65. The first-order valence-electron chi connectivity index (χ1n) is 8.76. The van der Waals surface area contributed by atoms with E-state index in [0.717, 1.165) is 17.0 Å². The second kappa shape index (κ2) is 6.56. The summed E-state index contributed by atoms with van der Waals surface area (Å²) >= 11 is 0. The Hall–Kier alpha value is -2.89. The van der Waals surface area contributed by atoms with E-state index in [1.807, 2.05) is 0 Å². The minimum absolute atomic E-state index is 0.0418. The molecule has 0 saturated carbocycles. The van der Waals surface area contributed by atoms with E-state index < -0.39 is 21.4 Å². The van der Waals surface area contributed by atoms with Crippen molar-refractivity contribution in [1.29, 1.82) is 0 Å². The molecular weight excluding hydrogens is 423 g/mol. The van der Waals surface area contributed by atoms with Crippen molar-refractivity contribution in [1.82, 2.24) is 9.78 Å². The van der Waals surface area contributed by atoms with Crippen LogP contribution >= 0.6 is 0 Å². The maximum atomic E-state index is 13.3. The highest BCUT2D eigenvalue weighted by atomic mass is 32.3. The predicted octanol–water partition coefficient (Wildman–Crippen LogP) is 3.48. The number of nitrogens with zero attached hydrogens (tertiary/aromatic N) is 2. The Morgan fingerprint density at radius 3 is 2.30 bits per heavy atom. The summed E-state index contributed by atoms with van der Waals surface area (Å²) in [5, 5.41) is 9.15. The van der Waals surface area contributed by atoms with E-state index >= 15 is 0 Å². The number of benzene rings is 2. The summed E-state index contributed by atoms with van der Waals surface area (Å²) in [5.74, 6) is 0.929. The third kappa shape index (κ3) is 3.91. The largest absolute Gasteiger partial charge is 0.486 e. The van der Waals surface area contributed by atoms with Gasteiger partial charge in [0.15, 0.2) is 17.2 Å². The Labute approximate surface area is 169 Å². The predicted molar refractivity (Wildman–Crippen MR) is 104 cm³/mol. The molecule has 7 nitrogen and oxygen atoms in total. The van der Waals surface area contributed by atoms with Crippen LogP contribution in [0.4, 0.5) is 13.2 Å². The van der Waals surface area contributed by atoms with Crippen LogP contribution in [0.3, 0.4) is 0 Å². The molecule has 0 radical (unpaired) electrons. The lowest BCUT2D eigenvalue weighted by Gasteiger charge is -2.33. The number of rotatable bonds is 3. The first-order valence-corrected chi connectivity index (χ1v) is 11.2. The van der Waals surface area contributed by atoms with E-state index in [1.54, 1.807) is 18.2 Å². The number of fused-ring (bicyclic) bond motifs is 1. The van der Waals surface area contributed by atoms with E-state index in [4.69, 9.17) is 14.6 Å². The maximum Gasteiger partial charge on any atom is 0.435 e. The highest BCUT2D eigenvalue weighted by Crippen LogP contribution is 2.38. The summed E-state index contributed by atoms with van der Waals surface area (Å²) in [4.78, 5) is -0.0418. The van der Waals surface area contributed by atoms with Crippen molar-refractivity contribution in [2.24, 2.45) is 5.14 Å². The van der Waals surface area contributed by atoms with Crippen molar-refractivity contribution in [3.05, 3.63) is 54.2 Å². The van der Waals surface area contributed by atoms with E-state index in [0.29, 0.717) is 30.3 Å². The number of hydrogen-bond donors (Lipinski definition) is 2. The molecule has 4 rings (SSSR count). The number of alkyl halides is 3. The molecule has 0 spiro atoms. The van der Waals surface area contributed by atoms with Crippen LogP contribution in [0, 0.1) is 0 Å². The second-order valence-corrected chi connectivity index (χ2v) is 10.2. The zero-order valence-electron chi connectivity index (χ0n) is 15.7. The van der Waals surface area contributed by atoms with Crippen molar-refractivity contribution in [2.75, 3.05) is 19.5 Å². The molecule has 2 heterocycles. The number of halogens is 3. The van der Waals surface area contributed by atoms with Gasteiger partial charge in [0.25, 0.3) is 0 Å². The van der Waals surface area contributed by atoms with Crippen molar-refractivity contribution in [3.8, 4) is 28.4 Å². The maximum absolute atomic E-state index is 13.3. The van der Waals surface area contributed by atoms with Gasteiger partial charge in [0.2, 0.25) is 0 Å². The Bertz CT molecular complexity index is 1170. The fourth-order valence-electron chi connectivity index (χ4n) is 3.04. The number of nitrogens with two attached hydrogens (primary N) is 1. The molecule has 0 atom stereocenters. The highest BCUT2D eigenvalue weighted by molar-refractivity contribution is 8.12. The zero-order chi connectivity index (χ0) is 21.8. The molecule has 0 saturated heterocycles. The first kappa shape index (κ1) is 20.4. The van der Waals surface area contributed by atoms with Gasteiger partial charge in [-0.15, -0.1) is 9.53 Å². The Morgan fingerprint density at radius 2 is 1.70 bits per heavy atom. The average Bonchev–Trinajstić information content (AvgIpc) is 3.12. The molecule has 3 aromatic rings. The molecule has 0 amide bonds. The second-order valence-electron chi connectivity index (χ2n) is 7.03. The standard InChI is InChI=1S/C19H18F3N3O4S/c1-30(23,26,27)14-5-3-13(4-6-14)25-15(11-18(24-25)19(20,21)22)12-2-7-16-17(10-12)29-9-8-28-16/h2-7,10-11H,8-9H2,1H3,(H3,23,26,27). The Kier molecular flexibility index (Phi) is 4.46.